The van der Waals surface area contributed by atoms with Crippen molar-refractivity contribution in [3.8, 4) is 0 Å². The Kier molecular flexibility index (Phi) is 6.38. The number of rotatable bonds is 4. The van der Waals surface area contributed by atoms with E-state index in [1.54, 1.807) is 18.2 Å². The number of carbonyl (C=O) groups excluding carboxylic acids is 2. The van der Waals surface area contributed by atoms with Gasteiger partial charge in [0.15, 0.2) is 0 Å². The molecule has 0 aliphatic carbocycles. The molecular weight excluding hydrogens is 304 g/mol. The highest BCUT2D eigenvalue weighted by molar-refractivity contribution is 6.40. The summed E-state index contributed by atoms with van der Waals surface area (Å²) in [6.45, 7) is 7.78. The molecule has 0 aliphatic heterocycles. The van der Waals surface area contributed by atoms with E-state index in [1.807, 2.05) is 27.7 Å². The van der Waals surface area contributed by atoms with E-state index in [4.69, 9.17) is 11.6 Å². The Balaban J connectivity index is 2.49. The van der Waals surface area contributed by atoms with Crippen LogP contribution in [0.3, 0.4) is 0 Å². The van der Waals surface area contributed by atoms with Gasteiger partial charge in [-0.25, -0.2) is 0 Å². The highest BCUT2D eigenvalue weighted by atomic mass is 35.5. The van der Waals surface area contributed by atoms with Crippen molar-refractivity contribution in [2.75, 3.05) is 11.9 Å². The maximum atomic E-state index is 11.8. The van der Waals surface area contributed by atoms with Crippen LogP contribution in [0.15, 0.2) is 18.2 Å². The Morgan fingerprint density at radius 1 is 1.27 bits per heavy atom. The second kappa shape index (κ2) is 7.61. The largest absolute Gasteiger partial charge is 0.393 e. The molecule has 6 heteroatoms. The average molecular weight is 327 g/mol. The van der Waals surface area contributed by atoms with Crippen LogP contribution in [0.5, 0.6) is 0 Å². The summed E-state index contributed by atoms with van der Waals surface area (Å²) in [6.07, 6.45) is -0.162. The number of benzene rings is 1. The first-order chi connectivity index (χ1) is 10.1. The molecule has 0 saturated carbocycles. The van der Waals surface area contributed by atoms with Gasteiger partial charge in [0.25, 0.3) is 0 Å². The second-order valence-corrected chi connectivity index (χ2v) is 6.78. The topological polar surface area (TPSA) is 78.4 Å². The molecule has 1 atom stereocenters. The zero-order valence-electron chi connectivity index (χ0n) is 13.4. The molecule has 1 aromatic rings. The Labute approximate surface area is 136 Å². The normalized spacial score (nSPS) is 12.6. The van der Waals surface area contributed by atoms with Crippen LogP contribution in [0.2, 0.25) is 5.02 Å². The Morgan fingerprint density at radius 3 is 2.50 bits per heavy atom. The number of hydrogen-bond acceptors (Lipinski definition) is 3. The van der Waals surface area contributed by atoms with Gasteiger partial charge >= 0.3 is 11.8 Å². The smallest absolute Gasteiger partial charge is 0.313 e. The summed E-state index contributed by atoms with van der Waals surface area (Å²) >= 11 is 5.86. The van der Waals surface area contributed by atoms with Crippen molar-refractivity contribution >= 4 is 29.1 Å². The molecule has 0 aliphatic rings. The van der Waals surface area contributed by atoms with Gasteiger partial charge in [-0.05, 0) is 36.5 Å². The summed E-state index contributed by atoms with van der Waals surface area (Å²) in [5.74, 6) is -1.49. The minimum atomic E-state index is -0.754. The number of amides is 2. The lowest BCUT2D eigenvalue weighted by atomic mass is 9.87. The van der Waals surface area contributed by atoms with Gasteiger partial charge in [0.05, 0.1) is 6.10 Å². The van der Waals surface area contributed by atoms with Gasteiger partial charge in [0.1, 0.15) is 0 Å². The minimum absolute atomic E-state index is 0.235. The third-order valence-electron chi connectivity index (χ3n) is 3.36. The van der Waals surface area contributed by atoms with Gasteiger partial charge in [0.2, 0.25) is 0 Å². The van der Waals surface area contributed by atoms with Crippen molar-refractivity contribution < 1.29 is 14.7 Å². The summed E-state index contributed by atoms with van der Waals surface area (Å²) in [4.78, 5) is 23.6. The van der Waals surface area contributed by atoms with Crippen molar-refractivity contribution in [1.82, 2.24) is 5.32 Å². The predicted octanol–water partition coefficient (Wildman–Crippen LogP) is 2.50. The summed E-state index contributed by atoms with van der Waals surface area (Å²) in [6, 6.07) is 5.06. The maximum Gasteiger partial charge on any atom is 0.313 e. The first-order valence-electron chi connectivity index (χ1n) is 7.14. The number of hydrogen-bond donors (Lipinski definition) is 3. The van der Waals surface area contributed by atoms with Gasteiger partial charge in [-0.3, -0.25) is 9.59 Å². The van der Waals surface area contributed by atoms with Gasteiger partial charge in [-0.2, -0.15) is 0 Å². The SMILES string of the molecule is Cc1ccc(Cl)cc1NC(=O)C(=O)NCCC(O)C(C)(C)C. The van der Waals surface area contributed by atoms with E-state index in [9.17, 15) is 14.7 Å². The van der Waals surface area contributed by atoms with Crippen LogP contribution in [-0.2, 0) is 9.59 Å². The molecule has 0 bridgehead atoms. The van der Waals surface area contributed by atoms with E-state index in [0.29, 0.717) is 17.1 Å². The molecule has 122 valence electrons. The number of halogens is 1. The first kappa shape index (κ1) is 18.5. The van der Waals surface area contributed by atoms with Crippen LogP contribution in [0, 0.1) is 12.3 Å². The van der Waals surface area contributed by atoms with Crippen molar-refractivity contribution in [3.63, 3.8) is 0 Å². The van der Waals surface area contributed by atoms with Crippen molar-refractivity contribution in [2.45, 2.75) is 40.2 Å². The molecule has 0 fully saturated rings. The Morgan fingerprint density at radius 2 is 1.91 bits per heavy atom. The predicted molar refractivity (Wildman–Crippen MR) is 87.9 cm³/mol. The van der Waals surface area contributed by atoms with E-state index in [2.05, 4.69) is 10.6 Å². The van der Waals surface area contributed by atoms with Crippen LogP contribution in [0.1, 0.15) is 32.8 Å². The molecule has 5 nitrogen and oxygen atoms in total. The number of aliphatic hydroxyl groups excluding tert-OH is 1. The van der Waals surface area contributed by atoms with Crippen LogP contribution < -0.4 is 10.6 Å². The number of aliphatic hydroxyl groups is 1. The quantitative estimate of drug-likeness (QED) is 0.744. The maximum absolute atomic E-state index is 11.8. The van der Waals surface area contributed by atoms with Gasteiger partial charge in [-0.15, -0.1) is 0 Å². The zero-order chi connectivity index (χ0) is 16.9. The molecule has 2 amide bonds. The molecule has 0 spiro atoms. The van der Waals surface area contributed by atoms with Gasteiger partial charge in [0, 0.05) is 17.3 Å². The molecule has 1 rings (SSSR count). The average Bonchev–Trinajstić information content (AvgIpc) is 2.41. The van der Waals surface area contributed by atoms with Crippen LogP contribution in [0.4, 0.5) is 5.69 Å². The first-order valence-corrected chi connectivity index (χ1v) is 7.52. The van der Waals surface area contributed by atoms with Crippen LogP contribution in [0.25, 0.3) is 0 Å². The number of nitrogens with one attached hydrogen (secondary N) is 2. The molecule has 1 aromatic carbocycles. The number of carbonyl (C=O) groups is 2. The molecule has 0 aromatic heterocycles. The summed E-state index contributed by atoms with van der Waals surface area (Å²) in [7, 11) is 0. The lowest BCUT2D eigenvalue weighted by molar-refractivity contribution is -0.136. The van der Waals surface area contributed by atoms with E-state index in [1.165, 1.54) is 0 Å². The highest BCUT2D eigenvalue weighted by Crippen LogP contribution is 2.21. The zero-order valence-corrected chi connectivity index (χ0v) is 14.1. The van der Waals surface area contributed by atoms with Crippen LogP contribution >= 0.6 is 11.6 Å². The fourth-order valence-electron chi connectivity index (χ4n) is 1.74. The lowest BCUT2D eigenvalue weighted by Crippen LogP contribution is -2.38. The molecular formula is C16H23ClN2O3. The third-order valence-corrected chi connectivity index (χ3v) is 3.59. The number of aryl methyl sites for hydroxylation is 1. The van der Waals surface area contributed by atoms with E-state index < -0.39 is 17.9 Å². The van der Waals surface area contributed by atoms with Crippen molar-refractivity contribution in [3.05, 3.63) is 28.8 Å². The molecule has 0 heterocycles. The van der Waals surface area contributed by atoms with Gasteiger partial charge in [-0.1, -0.05) is 38.4 Å². The molecule has 1 unspecified atom stereocenters. The van der Waals surface area contributed by atoms with E-state index in [-0.39, 0.29) is 12.0 Å². The Bertz CT molecular complexity index is 553. The van der Waals surface area contributed by atoms with Crippen molar-refractivity contribution in [1.29, 1.82) is 0 Å². The third kappa shape index (κ3) is 5.66. The summed E-state index contributed by atoms with van der Waals surface area (Å²) in [5, 5.41) is 15.4. The van der Waals surface area contributed by atoms with E-state index >= 15 is 0 Å². The molecule has 0 saturated heterocycles. The van der Waals surface area contributed by atoms with Crippen LogP contribution in [-0.4, -0.2) is 29.6 Å². The summed E-state index contributed by atoms with van der Waals surface area (Å²) in [5.41, 5.74) is 1.06. The second-order valence-electron chi connectivity index (χ2n) is 6.34. The molecule has 0 radical (unpaired) electrons. The standard InChI is InChI=1S/C16H23ClN2O3/c1-10-5-6-11(17)9-12(10)19-15(22)14(21)18-8-7-13(20)16(2,3)4/h5-6,9,13,20H,7-8H2,1-4H3,(H,18,21)(H,19,22). The lowest BCUT2D eigenvalue weighted by Gasteiger charge is -2.25. The fourth-order valence-corrected chi connectivity index (χ4v) is 1.92. The van der Waals surface area contributed by atoms with Gasteiger partial charge < -0.3 is 15.7 Å². The molecule has 3 N–H and O–H groups in total. The van der Waals surface area contributed by atoms with Crippen molar-refractivity contribution in [2.24, 2.45) is 5.41 Å². The summed E-state index contributed by atoms with van der Waals surface area (Å²) < 4.78 is 0. The molecule has 22 heavy (non-hydrogen) atoms. The number of anilines is 1. The fraction of sp³-hybridized carbons (Fsp3) is 0.500. The Hall–Kier alpha value is -1.59. The monoisotopic (exact) mass is 326 g/mol. The minimum Gasteiger partial charge on any atom is -0.393 e. The van der Waals surface area contributed by atoms with E-state index in [0.717, 1.165) is 5.56 Å². The highest BCUT2D eigenvalue weighted by Gasteiger charge is 2.22.